The van der Waals surface area contributed by atoms with E-state index in [0.717, 1.165) is 6.07 Å². The number of aromatic hydroxyl groups is 1. The Labute approximate surface area is 124 Å². The van der Waals surface area contributed by atoms with Crippen molar-refractivity contribution in [2.45, 2.75) is 0 Å². The summed E-state index contributed by atoms with van der Waals surface area (Å²) >= 11 is 1.33. The summed E-state index contributed by atoms with van der Waals surface area (Å²) in [5.74, 6) is -0.441. The van der Waals surface area contributed by atoms with Gasteiger partial charge in [0, 0.05) is 30.1 Å². The van der Waals surface area contributed by atoms with Crippen LogP contribution in [0.1, 0.15) is 0 Å². The maximum absolute atomic E-state index is 11.3. The fraction of sp³-hybridized carbons (Fsp3) is 0. The zero-order valence-electron chi connectivity index (χ0n) is 9.26. The average Bonchev–Trinajstić information content (AvgIpc) is 2.69. The van der Waals surface area contributed by atoms with Gasteiger partial charge >= 0.3 is 0 Å². The van der Waals surface area contributed by atoms with E-state index in [1.165, 1.54) is 23.5 Å². The van der Waals surface area contributed by atoms with E-state index in [2.05, 4.69) is 15.2 Å². The molecule has 3 N–H and O–H groups in total. The number of azo groups is 1. The summed E-state index contributed by atoms with van der Waals surface area (Å²) < 4.78 is 0. The van der Waals surface area contributed by atoms with Gasteiger partial charge in [-0.1, -0.05) is 5.75 Å². The molecule has 0 saturated carbocycles. The van der Waals surface area contributed by atoms with Crippen molar-refractivity contribution in [3.8, 4) is 11.5 Å². The third-order valence-corrected chi connectivity index (χ3v) is 2.26. The molecular weight excluding hydrogens is 313 g/mol. The van der Waals surface area contributed by atoms with Gasteiger partial charge < -0.3 is 26.6 Å². The van der Waals surface area contributed by atoms with Crippen molar-refractivity contribution in [1.29, 1.82) is 0 Å². The molecule has 0 bridgehead atoms. The molecule has 1 aromatic heterocycles. The maximum Gasteiger partial charge on any atom is 0.229 e. The SMILES string of the molecule is O.[O-2].[O-2].[O-]c1cc(O)ccc1N=Nc1nccs1.[V]. The molecular formula is C9H8N3O5SV-5. The van der Waals surface area contributed by atoms with Gasteiger partial charge in [-0.3, -0.25) is 0 Å². The van der Waals surface area contributed by atoms with Crippen LogP contribution in [0.2, 0.25) is 0 Å². The number of hydrogen-bond donors (Lipinski definition) is 1. The van der Waals surface area contributed by atoms with Gasteiger partial charge in [-0.25, -0.2) is 4.98 Å². The van der Waals surface area contributed by atoms with Crippen LogP contribution in [0.5, 0.6) is 11.5 Å². The second-order valence-electron chi connectivity index (χ2n) is 2.67. The zero-order valence-corrected chi connectivity index (χ0v) is 11.5. The number of aromatic nitrogens is 1. The quantitative estimate of drug-likeness (QED) is 0.823. The number of rotatable bonds is 2. The standard InChI is InChI=1S/C9H7N3O2S.H2O.2O.V/c13-6-1-2-7(8(14)5-6)11-12-9-10-3-4-15-9;;;;/h1-5,13-14H;1H2;;;/q;;2*-2;/p-1. The molecule has 2 rings (SSSR count). The zero-order chi connectivity index (χ0) is 10.7. The molecule has 0 spiro atoms. The Bertz CT molecular complexity index is 495. The summed E-state index contributed by atoms with van der Waals surface area (Å²) in [5.41, 5.74) is 0.183. The minimum absolute atomic E-state index is 0. The second kappa shape index (κ2) is 10.4. The Hall–Kier alpha value is -1.49. The Morgan fingerprint density at radius 3 is 2.42 bits per heavy atom. The Morgan fingerprint density at radius 1 is 1.21 bits per heavy atom. The number of thiazole rings is 1. The molecule has 105 valence electrons. The predicted octanol–water partition coefficient (Wildman–Crippen LogP) is 1.27. The van der Waals surface area contributed by atoms with Gasteiger partial charge in [-0.05, 0) is 18.2 Å². The van der Waals surface area contributed by atoms with Crippen molar-refractivity contribution < 1.29 is 45.2 Å². The molecule has 8 nitrogen and oxygen atoms in total. The molecule has 0 aliphatic carbocycles. The van der Waals surface area contributed by atoms with E-state index < -0.39 is 0 Å². The molecule has 2 aromatic rings. The number of phenolic OH excluding ortho intramolecular Hbond substituents is 1. The van der Waals surface area contributed by atoms with Crippen LogP contribution in [0.4, 0.5) is 10.8 Å². The van der Waals surface area contributed by atoms with Gasteiger partial charge in [0.25, 0.3) is 0 Å². The summed E-state index contributed by atoms with van der Waals surface area (Å²) in [6.07, 6.45) is 1.61. The average molecular weight is 321 g/mol. The largest absolute Gasteiger partial charge is 2.00 e. The Balaban J connectivity index is -0.000000640. The van der Waals surface area contributed by atoms with Crippen molar-refractivity contribution in [3.63, 3.8) is 0 Å². The minimum Gasteiger partial charge on any atom is -2.00 e. The number of nitrogens with zero attached hydrogens (tertiary/aromatic N) is 3. The predicted molar refractivity (Wildman–Crippen MR) is 58.8 cm³/mol. The molecule has 0 amide bonds. The molecule has 10 heteroatoms. The molecule has 1 radical (unpaired) electrons. The molecule has 0 atom stereocenters. The van der Waals surface area contributed by atoms with Crippen molar-refractivity contribution in [3.05, 3.63) is 29.8 Å². The van der Waals surface area contributed by atoms with E-state index in [1.54, 1.807) is 11.6 Å². The Kier molecular flexibility index (Phi) is 12.5. The van der Waals surface area contributed by atoms with Crippen molar-refractivity contribution in [1.82, 2.24) is 4.98 Å². The van der Waals surface area contributed by atoms with E-state index in [9.17, 15) is 5.11 Å². The molecule has 0 aliphatic heterocycles. The molecule has 0 saturated heterocycles. The van der Waals surface area contributed by atoms with Gasteiger partial charge in [-0.15, -0.1) is 21.6 Å². The fourth-order valence-corrected chi connectivity index (χ4v) is 1.40. The summed E-state index contributed by atoms with van der Waals surface area (Å²) in [4.78, 5) is 3.89. The van der Waals surface area contributed by atoms with Crippen LogP contribution in [-0.4, -0.2) is 15.6 Å². The van der Waals surface area contributed by atoms with Crippen LogP contribution in [0, 0.1) is 0 Å². The van der Waals surface area contributed by atoms with Crippen LogP contribution < -0.4 is 5.11 Å². The molecule has 0 aliphatic rings. The molecule has 19 heavy (non-hydrogen) atoms. The molecule has 1 heterocycles. The first kappa shape index (κ1) is 22.7. The molecule has 1 aromatic carbocycles. The number of phenols is 1. The smallest absolute Gasteiger partial charge is 0.229 e. The molecule has 0 unspecified atom stereocenters. The van der Waals surface area contributed by atoms with Crippen LogP contribution in [0.15, 0.2) is 40.0 Å². The third kappa shape index (κ3) is 6.29. The van der Waals surface area contributed by atoms with Crippen LogP contribution in [-0.2, 0) is 29.5 Å². The number of hydrogen-bond acceptors (Lipinski definition) is 6. The summed E-state index contributed by atoms with van der Waals surface area (Å²) in [7, 11) is 0. The second-order valence-corrected chi connectivity index (χ2v) is 3.54. The normalized spacial score (nSPS) is 8.63. The van der Waals surface area contributed by atoms with E-state index in [-0.39, 0.29) is 52.2 Å². The van der Waals surface area contributed by atoms with E-state index in [0.29, 0.717) is 5.13 Å². The van der Waals surface area contributed by atoms with Crippen molar-refractivity contribution >= 4 is 22.2 Å². The monoisotopic (exact) mass is 321 g/mol. The Morgan fingerprint density at radius 2 is 1.89 bits per heavy atom. The van der Waals surface area contributed by atoms with Gasteiger partial charge in [-0.2, -0.15) is 0 Å². The van der Waals surface area contributed by atoms with E-state index in [4.69, 9.17) is 5.11 Å². The topological polar surface area (TPSA) is 169 Å². The van der Waals surface area contributed by atoms with Gasteiger partial charge in [0.2, 0.25) is 5.13 Å². The first-order valence-electron chi connectivity index (χ1n) is 4.07. The van der Waals surface area contributed by atoms with E-state index in [1.807, 2.05) is 0 Å². The fourth-order valence-electron chi connectivity index (χ4n) is 0.947. The van der Waals surface area contributed by atoms with Crippen molar-refractivity contribution in [2.24, 2.45) is 10.2 Å². The summed E-state index contributed by atoms with van der Waals surface area (Å²) in [6, 6.07) is 3.89. The third-order valence-electron chi connectivity index (χ3n) is 1.61. The number of benzene rings is 1. The van der Waals surface area contributed by atoms with Crippen LogP contribution in [0.25, 0.3) is 0 Å². The van der Waals surface area contributed by atoms with Crippen molar-refractivity contribution in [2.75, 3.05) is 0 Å². The minimum atomic E-state index is -0.365. The van der Waals surface area contributed by atoms with E-state index >= 15 is 0 Å². The first-order valence-corrected chi connectivity index (χ1v) is 4.95. The summed E-state index contributed by atoms with van der Waals surface area (Å²) in [6.45, 7) is 0. The first-order chi connectivity index (χ1) is 7.25. The van der Waals surface area contributed by atoms with Gasteiger partial charge in [0.1, 0.15) is 5.75 Å². The van der Waals surface area contributed by atoms with Gasteiger partial charge in [0.05, 0.1) is 5.69 Å². The summed E-state index contributed by atoms with van der Waals surface area (Å²) in [5, 5.41) is 30.0. The van der Waals surface area contributed by atoms with Gasteiger partial charge in [0.15, 0.2) is 0 Å². The maximum atomic E-state index is 11.3. The van der Waals surface area contributed by atoms with Crippen LogP contribution >= 0.6 is 11.3 Å². The molecule has 0 fully saturated rings. The van der Waals surface area contributed by atoms with Crippen LogP contribution in [0.3, 0.4) is 0 Å².